The molecule has 1 N–H and O–H groups in total. The van der Waals surface area contributed by atoms with Crippen molar-refractivity contribution in [1.29, 1.82) is 0 Å². The van der Waals surface area contributed by atoms with Gasteiger partial charge in [-0.1, -0.05) is 6.07 Å². The van der Waals surface area contributed by atoms with E-state index in [1.807, 2.05) is 0 Å². The Kier molecular flexibility index (Phi) is 3.78. The molecule has 1 aromatic carbocycles. The zero-order valence-electron chi connectivity index (χ0n) is 10.1. The number of aliphatic carboxylic acids is 1. The van der Waals surface area contributed by atoms with Crippen molar-refractivity contribution in [3.63, 3.8) is 0 Å². The molecular weight excluding hydrogens is 256 g/mol. The fraction of sp³-hybridized carbons (Fsp3) is 0.385. The van der Waals surface area contributed by atoms with Crippen molar-refractivity contribution in [2.75, 3.05) is 6.54 Å². The number of hydrogen-bond acceptors (Lipinski definition) is 2. The first-order valence-corrected chi connectivity index (χ1v) is 5.92. The molecule has 2 rings (SSSR count). The number of carbonyl (C=O) groups excluding carboxylic acids is 1. The summed E-state index contributed by atoms with van der Waals surface area (Å²) in [4.78, 5) is 23.8. The van der Waals surface area contributed by atoms with Crippen LogP contribution in [0.3, 0.4) is 0 Å². The van der Waals surface area contributed by atoms with Crippen LogP contribution < -0.4 is 0 Å². The van der Waals surface area contributed by atoms with Crippen LogP contribution in [0.4, 0.5) is 8.78 Å². The minimum absolute atomic E-state index is 0.0120. The van der Waals surface area contributed by atoms with Gasteiger partial charge in [0.2, 0.25) is 5.91 Å². The van der Waals surface area contributed by atoms with Crippen LogP contribution in [0.25, 0.3) is 0 Å². The lowest BCUT2D eigenvalue weighted by molar-refractivity contribution is -0.147. The van der Waals surface area contributed by atoms with Crippen LogP contribution in [0.2, 0.25) is 0 Å². The largest absolute Gasteiger partial charge is 0.481 e. The van der Waals surface area contributed by atoms with Crippen LogP contribution >= 0.6 is 0 Å². The predicted molar refractivity (Wildman–Crippen MR) is 62.1 cm³/mol. The van der Waals surface area contributed by atoms with E-state index in [1.165, 1.54) is 11.0 Å². The van der Waals surface area contributed by atoms with Gasteiger partial charge in [0.25, 0.3) is 0 Å². The summed E-state index contributed by atoms with van der Waals surface area (Å²) in [7, 11) is 0. The first-order chi connectivity index (χ1) is 8.99. The number of carbonyl (C=O) groups is 2. The van der Waals surface area contributed by atoms with E-state index in [0.717, 1.165) is 12.1 Å². The number of rotatable bonds is 3. The van der Waals surface area contributed by atoms with Gasteiger partial charge < -0.3 is 10.0 Å². The number of benzene rings is 1. The van der Waals surface area contributed by atoms with Crippen LogP contribution in [-0.2, 0) is 16.1 Å². The monoisotopic (exact) mass is 269 g/mol. The van der Waals surface area contributed by atoms with Crippen molar-refractivity contribution < 1.29 is 23.5 Å². The van der Waals surface area contributed by atoms with Gasteiger partial charge in [0, 0.05) is 18.5 Å². The van der Waals surface area contributed by atoms with Gasteiger partial charge in [0.1, 0.15) is 11.6 Å². The Hall–Kier alpha value is -1.98. The number of carboxylic acid groups (broad SMARTS) is 1. The highest BCUT2D eigenvalue weighted by atomic mass is 19.1. The first kappa shape index (κ1) is 13.5. The minimum Gasteiger partial charge on any atom is -0.481 e. The fourth-order valence-electron chi connectivity index (χ4n) is 2.14. The third-order valence-corrected chi connectivity index (χ3v) is 3.26. The second kappa shape index (κ2) is 5.34. The maximum Gasteiger partial charge on any atom is 0.308 e. The molecule has 102 valence electrons. The number of likely N-dealkylation sites (tertiary alicyclic amines) is 1. The van der Waals surface area contributed by atoms with E-state index in [4.69, 9.17) is 5.11 Å². The molecule has 1 atom stereocenters. The van der Waals surface area contributed by atoms with E-state index in [0.29, 0.717) is 0 Å². The second-order valence-electron chi connectivity index (χ2n) is 4.55. The third-order valence-electron chi connectivity index (χ3n) is 3.26. The molecule has 0 aromatic heterocycles. The normalized spacial score (nSPS) is 19.6. The SMILES string of the molecule is O=C(O)C1CCC(=O)N(Cc2c(F)cccc2F)C1. The molecule has 1 aliphatic heterocycles. The third kappa shape index (κ3) is 2.89. The topological polar surface area (TPSA) is 57.6 Å². The van der Waals surface area contributed by atoms with Gasteiger partial charge in [-0.05, 0) is 18.6 Å². The average molecular weight is 269 g/mol. The summed E-state index contributed by atoms with van der Waals surface area (Å²) in [6.07, 6.45) is 0.359. The minimum atomic E-state index is -0.994. The lowest BCUT2D eigenvalue weighted by atomic mass is 9.97. The lowest BCUT2D eigenvalue weighted by Gasteiger charge is -2.30. The molecule has 0 radical (unpaired) electrons. The Balaban J connectivity index is 2.17. The first-order valence-electron chi connectivity index (χ1n) is 5.92. The number of hydrogen-bond donors (Lipinski definition) is 1. The molecule has 1 aromatic rings. The average Bonchev–Trinajstić information content (AvgIpc) is 2.35. The van der Waals surface area contributed by atoms with E-state index >= 15 is 0 Å². The quantitative estimate of drug-likeness (QED) is 0.910. The fourth-order valence-corrected chi connectivity index (χ4v) is 2.14. The van der Waals surface area contributed by atoms with Crippen LogP contribution in [0.1, 0.15) is 18.4 Å². The molecule has 1 unspecified atom stereocenters. The molecule has 4 nitrogen and oxygen atoms in total. The van der Waals surface area contributed by atoms with Crippen molar-refractivity contribution in [3.8, 4) is 0 Å². The Bertz CT molecular complexity index is 498. The van der Waals surface area contributed by atoms with E-state index in [9.17, 15) is 18.4 Å². The zero-order valence-corrected chi connectivity index (χ0v) is 10.1. The number of nitrogens with zero attached hydrogens (tertiary/aromatic N) is 1. The Morgan fingerprint density at radius 1 is 1.37 bits per heavy atom. The van der Waals surface area contributed by atoms with E-state index in [2.05, 4.69) is 0 Å². The summed E-state index contributed by atoms with van der Waals surface area (Å²) in [6, 6.07) is 3.47. The number of piperidine rings is 1. The van der Waals surface area contributed by atoms with Gasteiger partial charge in [-0.3, -0.25) is 9.59 Å². The summed E-state index contributed by atoms with van der Waals surface area (Å²) in [5.41, 5.74) is -0.207. The van der Waals surface area contributed by atoms with Gasteiger partial charge in [-0.25, -0.2) is 8.78 Å². The summed E-state index contributed by atoms with van der Waals surface area (Å²) in [5, 5.41) is 8.93. The van der Waals surface area contributed by atoms with Gasteiger partial charge in [0.15, 0.2) is 0 Å². The number of carboxylic acids is 1. The van der Waals surface area contributed by atoms with Crippen LogP contribution in [0, 0.1) is 17.6 Å². The van der Waals surface area contributed by atoms with E-state index in [-0.39, 0.29) is 37.4 Å². The van der Waals surface area contributed by atoms with Crippen LogP contribution in [-0.4, -0.2) is 28.4 Å². The molecular formula is C13H13F2NO3. The summed E-state index contributed by atoms with van der Waals surface area (Å²) < 4.78 is 27.0. The number of halogens is 2. The molecule has 0 spiro atoms. The Morgan fingerprint density at radius 3 is 2.58 bits per heavy atom. The van der Waals surface area contributed by atoms with Crippen molar-refractivity contribution >= 4 is 11.9 Å². The van der Waals surface area contributed by atoms with Gasteiger partial charge in [-0.2, -0.15) is 0 Å². The zero-order chi connectivity index (χ0) is 14.0. The molecule has 0 saturated carbocycles. The van der Waals surface area contributed by atoms with Crippen molar-refractivity contribution in [2.45, 2.75) is 19.4 Å². The summed E-state index contributed by atoms with van der Waals surface area (Å²) in [5.74, 6) is -3.41. The maximum atomic E-state index is 13.5. The molecule has 6 heteroatoms. The molecule has 1 aliphatic rings. The molecule has 1 heterocycles. The Labute approximate surface area is 108 Å². The molecule has 1 saturated heterocycles. The highest BCUT2D eigenvalue weighted by Crippen LogP contribution is 2.22. The van der Waals surface area contributed by atoms with Crippen LogP contribution in [0.5, 0.6) is 0 Å². The Morgan fingerprint density at radius 2 is 2.00 bits per heavy atom. The highest BCUT2D eigenvalue weighted by Gasteiger charge is 2.30. The predicted octanol–water partition coefficient (Wildman–Crippen LogP) is 1.79. The molecule has 1 amide bonds. The lowest BCUT2D eigenvalue weighted by Crippen LogP contribution is -2.42. The van der Waals surface area contributed by atoms with Crippen molar-refractivity contribution in [3.05, 3.63) is 35.4 Å². The summed E-state index contributed by atoms with van der Waals surface area (Å²) in [6.45, 7) is -0.247. The summed E-state index contributed by atoms with van der Waals surface area (Å²) >= 11 is 0. The van der Waals surface area contributed by atoms with E-state index < -0.39 is 23.5 Å². The molecule has 0 bridgehead atoms. The van der Waals surface area contributed by atoms with Crippen LogP contribution in [0.15, 0.2) is 18.2 Å². The van der Waals surface area contributed by atoms with Gasteiger partial charge in [0.05, 0.1) is 12.5 Å². The maximum absolute atomic E-state index is 13.5. The second-order valence-corrected chi connectivity index (χ2v) is 4.55. The standard InChI is InChI=1S/C13H13F2NO3/c14-10-2-1-3-11(15)9(10)7-16-6-8(13(18)19)4-5-12(16)17/h1-3,8H,4-7H2,(H,18,19). The van der Waals surface area contributed by atoms with E-state index in [1.54, 1.807) is 0 Å². The van der Waals surface area contributed by atoms with Crippen molar-refractivity contribution in [2.24, 2.45) is 5.92 Å². The molecule has 1 fully saturated rings. The molecule has 19 heavy (non-hydrogen) atoms. The smallest absolute Gasteiger partial charge is 0.308 e. The van der Waals surface area contributed by atoms with Gasteiger partial charge >= 0.3 is 5.97 Å². The number of amides is 1. The van der Waals surface area contributed by atoms with Gasteiger partial charge in [-0.15, -0.1) is 0 Å². The van der Waals surface area contributed by atoms with Crippen molar-refractivity contribution in [1.82, 2.24) is 4.90 Å². The molecule has 0 aliphatic carbocycles. The highest BCUT2D eigenvalue weighted by molar-refractivity contribution is 5.80.